The maximum absolute atomic E-state index is 12.3. The quantitative estimate of drug-likeness (QED) is 0.732. The fourth-order valence-corrected chi connectivity index (χ4v) is 4.63. The molecule has 2 aromatic rings. The van der Waals surface area contributed by atoms with Gasteiger partial charge in [0.1, 0.15) is 0 Å². The second kappa shape index (κ2) is 9.42. The molecule has 8 nitrogen and oxygen atoms in total. The molecule has 2 saturated heterocycles. The number of carbonyl (C=O) groups excluding carboxylic acids is 1. The van der Waals surface area contributed by atoms with Gasteiger partial charge in [0.05, 0.1) is 5.69 Å². The third-order valence-electron chi connectivity index (χ3n) is 6.70. The largest absolute Gasteiger partial charge is 0.339 e. The Kier molecular flexibility index (Phi) is 6.23. The van der Waals surface area contributed by atoms with E-state index in [0.29, 0.717) is 44.6 Å². The molecule has 0 spiro atoms. The van der Waals surface area contributed by atoms with Crippen LogP contribution in [0.25, 0.3) is 0 Å². The number of nitrogens with zero attached hydrogens (tertiary/aromatic N) is 5. The summed E-state index contributed by atoms with van der Waals surface area (Å²) in [5.74, 6) is 1.19. The zero-order valence-corrected chi connectivity index (χ0v) is 18.6. The van der Waals surface area contributed by atoms with Crippen LogP contribution in [0.15, 0.2) is 41.2 Å². The lowest BCUT2D eigenvalue weighted by molar-refractivity contribution is -0.132. The van der Waals surface area contributed by atoms with Crippen molar-refractivity contribution in [2.45, 2.75) is 25.9 Å². The number of hydrogen-bond donors (Lipinski definition) is 1. The van der Waals surface area contributed by atoms with Crippen molar-refractivity contribution in [3.63, 3.8) is 0 Å². The molecule has 0 unspecified atom stereocenters. The van der Waals surface area contributed by atoms with Gasteiger partial charge in [-0.3, -0.25) is 24.4 Å². The van der Waals surface area contributed by atoms with E-state index in [1.54, 1.807) is 6.07 Å². The number of rotatable bonds is 6. The van der Waals surface area contributed by atoms with Gasteiger partial charge in [0.25, 0.3) is 5.56 Å². The van der Waals surface area contributed by atoms with Gasteiger partial charge in [-0.05, 0) is 18.4 Å². The summed E-state index contributed by atoms with van der Waals surface area (Å²) in [4.78, 5) is 41.2. The average molecular weight is 437 g/mol. The molecule has 32 heavy (non-hydrogen) atoms. The number of aromatic nitrogens is 2. The lowest BCUT2D eigenvalue weighted by atomic mass is 10.2. The lowest BCUT2D eigenvalue weighted by Crippen LogP contribution is -2.50. The van der Waals surface area contributed by atoms with Crippen LogP contribution in [0.1, 0.15) is 24.1 Å². The molecule has 1 amide bonds. The Morgan fingerprint density at radius 3 is 2.22 bits per heavy atom. The highest BCUT2D eigenvalue weighted by molar-refractivity contribution is 5.81. The monoisotopic (exact) mass is 436 g/mol. The highest BCUT2D eigenvalue weighted by Gasteiger charge is 2.34. The maximum atomic E-state index is 12.3. The van der Waals surface area contributed by atoms with Crippen molar-refractivity contribution in [2.75, 3.05) is 57.3 Å². The summed E-state index contributed by atoms with van der Waals surface area (Å²) in [5, 5.41) is 0. The number of piperazine rings is 2. The zero-order chi connectivity index (χ0) is 21.9. The second-order valence-electron chi connectivity index (χ2n) is 9.18. The van der Waals surface area contributed by atoms with Gasteiger partial charge < -0.3 is 9.80 Å². The van der Waals surface area contributed by atoms with Crippen LogP contribution in [0, 0.1) is 5.92 Å². The predicted octanol–water partition coefficient (Wildman–Crippen LogP) is 1.15. The highest BCUT2D eigenvalue weighted by atomic mass is 16.2. The third-order valence-corrected chi connectivity index (χ3v) is 6.70. The van der Waals surface area contributed by atoms with Crippen molar-refractivity contribution in [1.29, 1.82) is 0 Å². The smallest absolute Gasteiger partial charge is 0.252 e. The van der Waals surface area contributed by atoms with Gasteiger partial charge >= 0.3 is 0 Å². The summed E-state index contributed by atoms with van der Waals surface area (Å²) in [6.07, 6.45) is 2.08. The fourth-order valence-electron chi connectivity index (χ4n) is 4.63. The first kappa shape index (κ1) is 21.2. The Labute approximate surface area is 188 Å². The van der Waals surface area contributed by atoms with Crippen LogP contribution < -0.4 is 10.5 Å². The first-order valence-electron chi connectivity index (χ1n) is 11.8. The van der Waals surface area contributed by atoms with E-state index < -0.39 is 0 Å². The average Bonchev–Trinajstić information content (AvgIpc) is 3.66. The molecule has 1 aromatic carbocycles. The van der Waals surface area contributed by atoms with E-state index in [1.165, 1.54) is 5.56 Å². The minimum Gasteiger partial charge on any atom is -0.339 e. The van der Waals surface area contributed by atoms with Crippen molar-refractivity contribution < 1.29 is 4.79 Å². The van der Waals surface area contributed by atoms with E-state index in [-0.39, 0.29) is 11.5 Å². The molecule has 5 rings (SSSR count). The molecular formula is C24H32N6O2. The van der Waals surface area contributed by atoms with Crippen LogP contribution >= 0.6 is 0 Å². The van der Waals surface area contributed by atoms with E-state index in [0.717, 1.165) is 51.3 Å². The predicted molar refractivity (Wildman–Crippen MR) is 123 cm³/mol. The van der Waals surface area contributed by atoms with E-state index in [9.17, 15) is 9.59 Å². The Balaban J connectivity index is 1.14. The van der Waals surface area contributed by atoms with E-state index in [2.05, 4.69) is 50.0 Å². The van der Waals surface area contributed by atoms with Crippen LogP contribution in [0.5, 0.6) is 0 Å². The number of anilines is 1. The molecule has 170 valence electrons. The van der Waals surface area contributed by atoms with Crippen molar-refractivity contribution in [2.24, 2.45) is 5.92 Å². The highest BCUT2D eigenvalue weighted by Crippen LogP contribution is 2.31. The number of amides is 1. The summed E-state index contributed by atoms with van der Waals surface area (Å²) < 4.78 is 0. The number of nitrogens with one attached hydrogen (secondary N) is 1. The van der Waals surface area contributed by atoms with Crippen LogP contribution in [-0.2, 0) is 17.9 Å². The molecule has 3 fully saturated rings. The molecule has 1 aromatic heterocycles. The summed E-state index contributed by atoms with van der Waals surface area (Å²) in [5.41, 5.74) is 2.06. The number of carbonyl (C=O) groups is 1. The van der Waals surface area contributed by atoms with Crippen molar-refractivity contribution in [3.8, 4) is 0 Å². The van der Waals surface area contributed by atoms with Gasteiger partial charge in [0, 0.05) is 77.4 Å². The number of H-pyrrole nitrogens is 1. The minimum absolute atomic E-state index is 0.107. The molecular weight excluding hydrogens is 404 g/mol. The van der Waals surface area contributed by atoms with Crippen molar-refractivity contribution in [1.82, 2.24) is 24.7 Å². The summed E-state index contributed by atoms with van der Waals surface area (Å²) in [6, 6.07) is 12.2. The van der Waals surface area contributed by atoms with Gasteiger partial charge in [0.15, 0.2) is 0 Å². The summed E-state index contributed by atoms with van der Waals surface area (Å²) >= 11 is 0. The lowest BCUT2D eigenvalue weighted by Gasteiger charge is -2.36. The van der Waals surface area contributed by atoms with Gasteiger partial charge in [-0.1, -0.05) is 30.3 Å². The van der Waals surface area contributed by atoms with Crippen LogP contribution in [0.4, 0.5) is 5.95 Å². The SMILES string of the molecule is O=C(C1CC1)N1CCN(c2nc(CN3CCN(Cc4ccccc4)CC3)cc(=O)[nH]2)CC1. The molecule has 1 saturated carbocycles. The molecule has 0 bridgehead atoms. The molecule has 3 heterocycles. The molecule has 0 radical (unpaired) electrons. The van der Waals surface area contributed by atoms with Crippen LogP contribution in [0.3, 0.4) is 0 Å². The number of aromatic amines is 1. The van der Waals surface area contributed by atoms with Crippen LogP contribution in [-0.4, -0.2) is 82.9 Å². The standard InChI is InChI=1S/C24H32N6O2/c31-22-16-21(18-28-10-8-27(9-11-28)17-19-4-2-1-3-5-19)25-24(26-22)30-14-12-29(13-15-30)23(32)20-6-7-20/h1-5,16,20H,6-15,17-18H2,(H,25,26,31). The van der Waals surface area contributed by atoms with Gasteiger partial charge in [-0.15, -0.1) is 0 Å². The molecule has 1 aliphatic carbocycles. The Bertz CT molecular complexity index is 973. The number of hydrogen-bond acceptors (Lipinski definition) is 6. The van der Waals surface area contributed by atoms with Gasteiger partial charge in [-0.25, -0.2) is 4.98 Å². The van der Waals surface area contributed by atoms with Crippen molar-refractivity contribution in [3.05, 3.63) is 58.0 Å². The first-order valence-corrected chi connectivity index (χ1v) is 11.8. The number of benzene rings is 1. The van der Waals surface area contributed by atoms with Crippen molar-refractivity contribution >= 4 is 11.9 Å². The van der Waals surface area contributed by atoms with Crippen LogP contribution in [0.2, 0.25) is 0 Å². The minimum atomic E-state index is -0.107. The Morgan fingerprint density at radius 1 is 0.906 bits per heavy atom. The zero-order valence-electron chi connectivity index (χ0n) is 18.6. The normalized spacial score (nSPS) is 20.5. The Hall–Kier alpha value is -2.71. The van der Waals surface area contributed by atoms with Gasteiger partial charge in [-0.2, -0.15) is 0 Å². The molecule has 3 aliphatic rings. The first-order chi connectivity index (χ1) is 15.6. The molecule has 0 atom stereocenters. The molecule has 1 N–H and O–H groups in total. The summed E-state index contributed by atoms with van der Waals surface area (Å²) in [6.45, 7) is 8.47. The topological polar surface area (TPSA) is 75.8 Å². The van der Waals surface area contributed by atoms with E-state index >= 15 is 0 Å². The maximum Gasteiger partial charge on any atom is 0.252 e. The molecule has 8 heteroatoms. The molecule has 2 aliphatic heterocycles. The third kappa shape index (κ3) is 5.19. The summed E-state index contributed by atoms with van der Waals surface area (Å²) in [7, 11) is 0. The fraction of sp³-hybridized carbons (Fsp3) is 0.542. The Morgan fingerprint density at radius 2 is 1.56 bits per heavy atom. The van der Waals surface area contributed by atoms with E-state index in [1.807, 2.05) is 4.90 Å². The van der Waals surface area contributed by atoms with Gasteiger partial charge in [0.2, 0.25) is 11.9 Å². The second-order valence-corrected chi connectivity index (χ2v) is 9.18. The van der Waals surface area contributed by atoms with E-state index in [4.69, 9.17) is 4.98 Å².